The Labute approximate surface area is 110 Å². The normalized spacial score (nSPS) is 12.6. The third-order valence-corrected chi connectivity index (χ3v) is 3.50. The Morgan fingerprint density at radius 2 is 1.94 bits per heavy atom. The minimum Gasteiger partial charge on any atom is -0.496 e. The van der Waals surface area contributed by atoms with E-state index in [9.17, 15) is 0 Å². The van der Waals surface area contributed by atoms with Gasteiger partial charge in [0.2, 0.25) is 0 Å². The number of benzene rings is 1. The number of aliphatic hydroxyl groups is 1. The van der Waals surface area contributed by atoms with Gasteiger partial charge in [0.15, 0.2) is 0 Å². The number of rotatable bonds is 6. The number of hydrogen-bond acceptors (Lipinski definition) is 3. The van der Waals surface area contributed by atoms with Crippen molar-refractivity contribution in [1.29, 1.82) is 0 Å². The zero-order valence-corrected chi connectivity index (χ0v) is 12.1. The van der Waals surface area contributed by atoms with Gasteiger partial charge in [-0.1, -0.05) is 6.07 Å². The summed E-state index contributed by atoms with van der Waals surface area (Å²) in [6.45, 7) is 9.37. The fraction of sp³-hybridized carbons (Fsp3) is 0.600. The molecule has 0 radical (unpaired) electrons. The molecule has 102 valence electrons. The Kier molecular flexibility index (Phi) is 5.63. The molecule has 3 nitrogen and oxygen atoms in total. The first-order chi connectivity index (χ1) is 8.51. The first-order valence-electron chi connectivity index (χ1n) is 6.49. The van der Waals surface area contributed by atoms with Crippen LogP contribution < -0.4 is 10.1 Å². The van der Waals surface area contributed by atoms with E-state index >= 15 is 0 Å². The van der Waals surface area contributed by atoms with Gasteiger partial charge in [-0.25, -0.2) is 0 Å². The predicted molar refractivity (Wildman–Crippen MR) is 75.5 cm³/mol. The molecule has 0 aromatic heterocycles. The standard InChI is InChI=1S/C15H25NO2/c1-10-8-14(6-7-16-11(2)9-17)12(3)13(4)15(10)18-5/h8,11,16-17H,6-7,9H2,1-5H3. The third-order valence-electron chi connectivity index (χ3n) is 3.50. The number of nitrogens with one attached hydrogen (secondary N) is 1. The lowest BCUT2D eigenvalue weighted by Gasteiger charge is -2.17. The summed E-state index contributed by atoms with van der Waals surface area (Å²) in [4.78, 5) is 0. The fourth-order valence-electron chi connectivity index (χ4n) is 2.23. The molecule has 0 saturated carbocycles. The van der Waals surface area contributed by atoms with E-state index in [1.54, 1.807) is 7.11 Å². The van der Waals surface area contributed by atoms with E-state index in [1.807, 2.05) is 6.92 Å². The first kappa shape index (κ1) is 15.0. The molecule has 0 aliphatic carbocycles. The van der Waals surface area contributed by atoms with Crippen LogP contribution in [0.3, 0.4) is 0 Å². The summed E-state index contributed by atoms with van der Waals surface area (Å²) in [5, 5.41) is 12.3. The lowest BCUT2D eigenvalue weighted by Crippen LogP contribution is -2.31. The molecule has 0 fully saturated rings. The van der Waals surface area contributed by atoms with E-state index < -0.39 is 0 Å². The molecule has 1 atom stereocenters. The molecule has 0 aliphatic heterocycles. The second-order valence-corrected chi connectivity index (χ2v) is 4.92. The molecule has 0 aliphatic rings. The molecule has 0 saturated heterocycles. The first-order valence-corrected chi connectivity index (χ1v) is 6.49. The Morgan fingerprint density at radius 3 is 2.50 bits per heavy atom. The van der Waals surface area contributed by atoms with Crippen LogP contribution in [0.2, 0.25) is 0 Å². The van der Waals surface area contributed by atoms with Crippen molar-refractivity contribution < 1.29 is 9.84 Å². The summed E-state index contributed by atoms with van der Waals surface area (Å²) in [5.74, 6) is 0.993. The van der Waals surface area contributed by atoms with Gasteiger partial charge in [0, 0.05) is 6.04 Å². The summed E-state index contributed by atoms with van der Waals surface area (Å²) < 4.78 is 5.42. The van der Waals surface area contributed by atoms with Crippen molar-refractivity contribution in [2.75, 3.05) is 20.3 Å². The molecule has 1 aromatic rings. The van der Waals surface area contributed by atoms with Crippen LogP contribution in [0.5, 0.6) is 5.75 Å². The second-order valence-electron chi connectivity index (χ2n) is 4.92. The van der Waals surface area contributed by atoms with E-state index in [2.05, 4.69) is 32.2 Å². The average Bonchev–Trinajstić information content (AvgIpc) is 2.35. The lowest BCUT2D eigenvalue weighted by molar-refractivity contribution is 0.252. The maximum atomic E-state index is 8.96. The summed E-state index contributed by atoms with van der Waals surface area (Å²) in [6.07, 6.45) is 0.974. The molecule has 1 rings (SSSR count). The maximum Gasteiger partial charge on any atom is 0.124 e. The van der Waals surface area contributed by atoms with E-state index in [1.165, 1.54) is 22.3 Å². The number of methoxy groups -OCH3 is 1. The highest BCUT2D eigenvalue weighted by molar-refractivity contribution is 5.49. The van der Waals surface area contributed by atoms with Crippen LogP contribution in [0.15, 0.2) is 6.07 Å². The van der Waals surface area contributed by atoms with E-state index in [-0.39, 0.29) is 12.6 Å². The zero-order chi connectivity index (χ0) is 13.7. The van der Waals surface area contributed by atoms with Gasteiger partial charge >= 0.3 is 0 Å². The highest BCUT2D eigenvalue weighted by Crippen LogP contribution is 2.28. The molecule has 1 aromatic carbocycles. The Balaban J connectivity index is 2.78. The second kappa shape index (κ2) is 6.76. The van der Waals surface area contributed by atoms with Crippen molar-refractivity contribution >= 4 is 0 Å². The molecule has 18 heavy (non-hydrogen) atoms. The number of aliphatic hydroxyl groups excluding tert-OH is 1. The van der Waals surface area contributed by atoms with E-state index in [0.717, 1.165) is 18.7 Å². The Morgan fingerprint density at radius 1 is 1.28 bits per heavy atom. The number of hydrogen-bond donors (Lipinski definition) is 2. The Hall–Kier alpha value is -1.06. The molecule has 3 heteroatoms. The van der Waals surface area contributed by atoms with Gasteiger partial charge in [-0.15, -0.1) is 0 Å². The number of aryl methyl sites for hydroxylation is 1. The monoisotopic (exact) mass is 251 g/mol. The van der Waals surface area contributed by atoms with Crippen molar-refractivity contribution in [3.8, 4) is 5.75 Å². The number of ether oxygens (including phenoxy) is 1. The molecule has 2 N–H and O–H groups in total. The fourth-order valence-corrected chi connectivity index (χ4v) is 2.23. The quantitative estimate of drug-likeness (QED) is 0.814. The molecule has 1 unspecified atom stereocenters. The van der Waals surface area contributed by atoms with Crippen LogP contribution in [-0.2, 0) is 6.42 Å². The molecule has 0 spiro atoms. The Bertz CT molecular complexity index is 402. The van der Waals surface area contributed by atoms with Gasteiger partial charge in [0.25, 0.3) is 0 Å². The van der Waals surface area contributed by atoms with Gasteiger partial charge in [0.05, 0.1) is 13.7 Å². The summed E-state index contributed by atoms with van der Waals surface area (Å²) >= 11 is 0. The smallest absolute Gasteiger partial charge is 0.124 e. The molecular formula is C15H25NO2. The predicted octanol–water partition coefficient (Wildman–Crippen LogP) is 2.13. The van der Waals surface area contributed by atoms with Gasteiger partial charge in [-0.05, 0) is 62.9 Å². The highest BCUT2D eigenvalue weighted by atomic mass is 16.5. The van der Waals surface area contributed by atoms with Crippen molar-refractivity contribution in [3.05, 3.63) is 28.3 Å². The van der Waals surface area contributed by atoms with Gasteiger partial charge < -0.3 is 15.2 Å². The maximum absolute atomic E-state index is 8.96. The summed E-state index contributed by atoms with van der Waals surface area (Å²) in [5.41, 5.74) is 5.06. The van der Waals surface area contributed by atoms with Gasteiger partial charge in [-0.3, -0.25) is 0 Å². The average molecular weight is 251 g/mol. The topological polar surface area (TPSA) is 41.5 Å². The van der Waals surface area contributed by atoms with Crippen LogP contribution in [0.1, 0.15) is 29.2 Å². The van der Waals surface area contributed by atoms with Crippen LogP contribution in [0, 0.1) is 20.8 Å². The van der Waals surface area contributed by atoms with Gasteiger partial charge in [-0.2, -0.15) is 0 Å². The minimum absolute atomic E-state index is 0.158. The van der Waals surface area contributed by atoms with Crippen molar-refractivity contribution in [1.82, 2.24) is 5.32 Å². The summed E-state index contributed by atoms with van der Waals surface area (Å²) in [7, 11) is 1.72. The van der Waals surface area contributed by atoms with Crippen LogP contribution in [0.4, 0.5) is 0 Å². The highest BCUT2D eigenvalue weighted by Gasteiger charge is 2.10. The molecular weight excluding hydrogens is 226 g/mol. The molecule has 0 bridgehead atoms. The molecule has 0 heterocycles. The van der Waals surface area contributed by atoms with Crippen molar-refractivity contribution in [3.63, 3.8) is 0 Å². The summed E-state index contributed by atoms with van der Waals surface area (Å²) in [6, 6.07) is 2.36. The van der Waals surface area contributed by atoms with Crippen molar-refractivity contribution in [2.45, 2.75) is 40.2 Å². The SMILES string of the molecule is COc1c(C)cc(CCNC(C)CO)c(C)c1C. The lowest BCUT2D eigenvalue weighted by atomic mass is 9.96. The van der Waals surface area contributed by atoms with Crippen LogP contribution in [-0.4, -0.2) is 31.4 Å². The third kappa shape index (κ3) is 3.47. The van der Waals surface area contributed by atoms with Crippen LogP contribution >= 0.6 is 0 Å². The minimum atomic E-state index is 0.158. The van der Waals surface area contributed by atoms with Gasteiger partial charge in [0.1, 0.15) is 5.75 Å². The molecule has 0 amide bonds. The van der Waals surface area contributed by atoms with E-state index in [4.69, 9.17) is 9.84 Å². The van der Waals surface area contributed by atoms with Crippen LogP contribution in [0.25, 0.3) is 0 Å². The zero-order valence-electron chi connectivity index (χ0n) is 12.1. The van der Waals surface area contributed by atoms with E-state index in [0.29, 0.717) is 0 Å². The largest absolute Gasteiger partial charge is 0.496 e. The van der Waals surface area contributed by atoms with Crippen molar-refractivity contribution in [2.24, 2.45) is 0 Å².